The summed E-state index contributed by atoms with van der Waals surface area (Å²) < 4.78 is 13.9. The number of carbonyl (C=O) groups excluding carboxylic acids is 1. The number of anilines is 1. The molecule has 0 saturated carbocycles. The van der Waals surface area contributed by atoms with Crippen LogP contribution in [-0.4, -0.2) is 51.8 Å². The molecule has 6 nitrogen and oxygen atoms in total. The number of thioether (sulfide) groups is 1. The quantitative estimate of drug-likeness (QED) is 0.620. The summed E-state index contributed by atoms with van der Waals surface area (Å²) in [6, 6.07) is 4.49. The topological polar surface area (TPSA) is 82.5 Å². The minimum atomic E-state index is -1.04. The predicted octanol–water partition coefficient (Wildman–Crippen LogP) is 3.83. The lowest BCUT2D eigenvalue weighted by atomic mass is 10.2. The predicted molar refractivity (Wildman–Crippen MR) is 104 cm³/mol. The van der Waals surface area contributed by atoms with E-state index in [1.807, 2.05) is 4.90 Å². The standard InChI is InChI=1S/C17H17ClFN3O3S2/c18-12-7-10(1-3-13(12)19)20-8-11-2-4-15(23)22(11)5-6-26-17-21-14(9-27-17)16(24)25/h1,3,7,9,11,20H,2,4-6,8H2,(H,24,25). The van der Waals surface area contributed by atoms with Crippen molar-refractivity contribution >= 4 is 52.3 Å². The third-order valence-corrected chi connectivity index (χ3v) is 6.46. The molecular formula is C17H17ClFN3O3S2. The molecule has 0 bridgehead atoms. The Hall–Kier alpha value is -1.84. The fraction of sp³-hybridized carbons (Fsp3) is 0.353. The molecular weight excluding hydrogens is 413 g/mol. The number of likely N-dealkylation sites (tertiary alicyclic amines) is 1. The van der Waals surface area contributed by atoms with Gasteiger partial charge in [-0.25, -0.2) is 14.2 Å². The number of aromatic carboxylic acids is 1. The molecule has 3 rings (SSSR count). The number of carboxylic acids is 1. The maximum Gasteiger partial charge on any atom is 0.355 e. The van der Waals surface area contributed by atoms with Gasteiger partial charge < -0.3 is 15.3 Å². The molecule has 1 fully saturated rings. The first-order valence-electron chi connectivity index (χ1n) is 8.24. The number of carboxylic acid groups (broad SMARTS) is 1. The highest BCUT2D eigenvalue weighted by Crippen LogP contribution is 2.26. The third kappa shape index (κ3) is 5.12. The van der Waals surface area contributed by atoms with E-state index in [-0.39, 0.29) is 22.7 Å². The lowest BCUT2D eigenvalue weighted by molar-refractivity contribution is -0.128. The first kappa shape index (κ1) is 19.9. The molecule has 144 valence electrons. The van der Waals surface area contributed by atoms with Gasteiger partial charge in [0, 0.05) is 42.4 Å². The van der Waals surface area contributed by atoms with Crippen molar-refractivity contribution in [3.05, 3.63) is 40.1 Å². The molecule has 1 aromatic carbocycles. The number of halogens is 2. The summed E-state index contributed by atoms with van der Waals surface area (Å²) in [6.45, 7) is 1.11. The van der Waals surface area contributed by atoms with E-state index in [9.17, 15) is 14.0 Å². The molecule has 2 aromatic rings. The van der Waals surface area contributed by atoms with Crippen molar-refractivity contribution in [3.63, 3.8) is 0 Å². The second kappa shape index (κ2) is 8.90. The van der Waals surface area contributed by atoms with Crippen LogP contribution in [0.15, 0.2) is 27.9 Å². The smallest absolute Gasteiger partial charge is 0.355 e. The molecule has 27 heavy (non-hydrogen) atoms. The van der Waals surface area contributed by atoms with Gasteiger partial charge in [-0.2, -0.15) is 0 Å². The molecule has 1 aromatic heterocycles. The van der Waals surface area contributed by atoms with Crippen LogP contribution in [0.5, 0.6) is 0 Å². The van der Waals surface area contributed by atoms with Gasteiger partial charge in [-0.05, 0) is 24.6 Å². The van der Waals surface area contributed by atoms with Crippen LogP contribution in [0.1, 0.15) is 23.3 Å². The SMILES string of the molecule is O=C(O)c1csc(SCCN2C(=O)CCC2CNc2ccc(F)c(Cl)c2)n1. The molecule has 1 unspecified atom stereocenters. The van der Waals surface area contributed by atoms with Crippen LogP contribution in [-0.2, 0) is 4.79 Å². The third-order valence-electron chi connectivity index (χ3n) is 4.17. The number of benzene rings is 1. The van der Waals surface area contributed by atoms with E-state index in [2.05, 4.69) is 10.3 Å². The van der Waals surface area contributed by atoms with Crippen molar-refractivity contribution in [3.8, 4) is 0 Å². The second-order valence-electron chi connectivity index (χ2n) is 5.94. The summed E-state index contributed by atoms with van der Waals surface area (Å²) >= 11 is 8.51. The monoisotopic (exact) mass is 429 g/mol. The normalized spacial score (nSPS) is 16.7. The number of aromatic nitrogens is 1. The highest BCUT2D eigenvalue weighted by molar-refractivity contribution is 8.01. The highest BCUT2D eigenvalue weighted by atomic mass is 35.5. The van der Waals surface area contributed by atoms with E-state index in [1.165, 1.54) is 40.6 Å². The zero-order valence-electron chi connectivity index (χ0n) is 14.2. The molecule has 1 saturated heterocycles. The van der Waals surface area contributed by atoms with Crippen LogP contribution < -0.4 is 5.32 Å². The molecule has 0 spiro atoms. The Morgan fingerprint density at radius 3 is 3.04 bits per heavy atom. The summed E-state index contributed by atoms with van der Waals surface area (Å²) in [7, 11) is 0. The molecule has 2 heterocycles. The summed E-state index contributed by atoms with van der Waals surface area (Å²) in [5.41, 5.74) is 0.749. The van der Waals surface area contributed by atoms with Crippen LogP contribution >= 0.6 is 34.7 Å². The molecule has 0 aliphatic carbocycles. The number of carbonyl (C=O) groups is 2. The molecule has 0 radical (unpaired) electrons. The number of nitrogens with zero attached hydrogens (tertiary/aromatic N) is 2. The first-order chi connectivity index (χ1) is 12.9. The number of hydrogen-bond donors (Lipinski definition) is 2. The average Bonchev–Trinajstić information content (AvgIpc) is 3.24. The second-order valence-corrected chi connectivity index (χ2v) is 8.55. The highest BCUT2D eigenvalue weighted by Gasteiger charge is 2.30. The van der Waals surface area contributed by atoms with Crippen LogP contribution in [0.3, 0.4) is 0 Å². The van der Waals surface area contributed by atoms with Gasteiger partial charge >= 0.3 is 5.97 Å². The minimum Gasteiger partial charge on any atom is -0.476 e. The minimum absolute atomic E-state index is 0.0415. The van der Waals surface area contributed by atoms with Gasteiger partial charge in [0.1, 0.15) is 5.82 Å². The Balaban J connectivity index is 1.51. The molecule has 2 N–H and O–H groups in total. The van der Waals surface area contributed by atoms with Crippen LogP contribution in [0.4, 0.5) is 10.1 Å². The van der Waals surface area contributed by atoms with E-state index < -0.39 is 11.8 Å². The number of amides is 1. The van der Waals surface area contributed by atoms with Gasteiger partial charge in [0.25, 0.3) is 0 Å². The summed E-state index contributed by atoms with van der Waals surface area (Å²) in [4.78, 5) is 28.9. The van der Waals surface area contributed by atoms with Crippen LogP contribution in [0.25, 0.3) is 0 Å². The molecule has 1 aliphatic heterocycles. The van der Waals surface area contributed by atoms with Crippen molar-refractivity contribution in [1.29, 1.82) is 0 Å². The van der Waals surface area contributed by atoms with Crippen molar-refractivity contribution in [2.45, 2.75) is 23.2 Å². The van der Waals surface area contributed by atoms with E-state index in [0.29, 0.717) is 35.3 Å². The molecule has 1 amide bonds. The van der Waals surface area contributed by atoms with E-state index in [0.717, 1.165) is 6.42 Å². The molecule has 10 heteroatoms. The zero-order chi connectivity index (χ0) is 19.4. The summed E-state index contributed by atoms with van der Waals surface area (Å²) in [5, 5.41) is 13.7. The number of nitrogens with one attached hydrogen (secondary N) is 1. The largest absolute Gasteiger partial charge is 0.476 e. The molecule has 1 atom stereocenters. The summed E-state index contributed by atoms with van der Waals surface area (Å²) in [5.74, 6) is -0.771. The van der Waals surface area contributed by atoms with Gasteiger partial charge in [-0.3, -0.25) is 4.79 Å². The zero-order valence-corrected chi connectivity index (χ0v) is 16.5. The first-order valence-corrected chi connectivity index (χ1v) is 10.5. The maximum atomic E-state index is 13.2. The number of hydrogen-bond acceptors (Lipinski definition) is 6. The Bertz CT molecular complexity index is 849. The average molecular weight is 430 g/mol. The van der Waals surface area contributed by atoms with E-state index in [1.54, 1.807) is 6.07 Å². The number of rotatable bonds is 8. The maximum absolute atomic E-state index is 13.2. The van der Waals surface area contributed by atoms with Gasteiger partial charge in [0.05, 0.1) is 5.02 Å². The Kier molecular flexibility index (Phi) is 6.56. The number of thiazole rings is 1. The van der Waals surface area contributed by atoms with Gasteiger partial charge in [-0.15, -0.1) is 11.3 Å². The molecule has 1 aliphatic rings. The Morgan fingerprint density at radius 1 is 1.52 bits per heavy atom. The lowest BCUT2D eigenvalue weighted by Crippen LogP contribution is -2.39. The summed E-state index contributed by atoms with van der Waals surface area (Å²) in [6.07, 6.45) is 1.26. The van der Waals surface area contributed by atoms with Gasteiger partial charge in [0.15, 0.2) is 10.0 Å². The van der Waals surface area contributed by atoms with Gasteiger partial charge in [-0.1, -0.05) is 23.4 Å². The lowest BCUT2D eigenvalue weighted by Gasteiger charge is -2.25. The van der Waals surface area contributed by atoms with Crippen molar-refractivity contribution in [2.24, 2.45) is 0 Å². The van der Waals surface area contributed by atoms with Crippen LogP contribution in [0.2, 0.25) is 5.02 Å². The fourth-order valence-electron chi connectivity index (χ4n) is 2.81. The van der Waals surface area contributed by atoms with Crippen molar-refractivity contribution in [2.75, 3.05) is 24.2 Å². The Morgan fingerprint density at radius 2 is 2.33 bits per heavy atom. The van der Waals surface area contributed by atoms with E-state index >= 15 is 0 Å². The fourth-order valence-corrected chi connectivity index (χ4v) is 4.80. The van der Waals surface area contributed by atoms with Crippen LogP contribution in [0, 0.1) is 5.82 Å². The van der Waals surface area contributed by atoms with Gasteiger partial charge in [0.2, 0.25) is 5.91 Å². The Labute approximate surface area is 168 Å². The van der Waals surface area contributed by atoms with E-state index in [4.69, 9.17) is 16.7 Å². The van der Waals surface area contributed by atoms with Crippen molar-refractivity contribution in [1.82, 2.24) is 9.88 Å². The van der Waals surface area contributed by atoms with Crippen molar-refractivity contribution < 1.29 is 19.1 Å².